The Bertz CT molecular complexity index is 415. The minimum Gasteiger partial charge on any atom is -0.748 e. The first-order valence-corrected chi connectivity index (χ1v) is 13.0. The Kier molecular flexibility index (Phi) is 24.6. The molecule has 0 saturated heterocycles. The van der Waals surface area contributed by atoms with Crippen molar-refractivity contribution in [3.63, 3.8) is 0 Å². The molecule has 0 aromatic heterocycles. The maximum atomic E-state index is 11.0. The summed E-state index contributed by atoms with van der Waals surface area (Å²) in [6.07, 6.45) is 19.6. The first-order valence-electron chi connectivity index (χ1n) is 11.5. The molecule has 1 N–H and O–H groups in total. The van der Waals surface area contributed by atoms with Crippen molar-refractivity contribution in [3.05, 3.63) is 0 Å². The molecule has 0 radical (unpaired) electrons. The Morgan fingerprint density at radius 1 is 0.679 bits per heavy atom. The smallest absolute Gasteiger partial charge is 0.748 e. The first kappa shape index (κ1) is 31.7. The molecule has 0 aliphatic heterocycles. The van der Waals surface area contributed by atoms with Gasteiger partial charge in [0.05, 0.1) is 16.2 Å². The van der Waals surface area contributed by atoms with Crippen LogP contribution in [0.15, 0.2) is 0 Å². The maximum Gasteiger partial charge on any atom is 1.00 e. The Labute approximate surface area is 218 Å². The van der Waals surface area contributed by atoms with Gasteiger partial charge < -0.3 is 9.66 Å². The largest absolute Gasteiger partial charge is 1.00 e. The molecular weight excluding hydrogens is 399 g/mol. The van der Waals surface area contributed by atoms with Crippen molar-refractivity contribution in [2.24, 2.45) is 0 Å². The molecule has 0 aromatic carbocycles. The van der Waals surface area contributed by atoms with Gasteiger partial charge in [-0.25, -0.2) is 8.42 Å². The Morgan fingerprint density at radius 2 is 1.04 bits per heavy atom. The van der Waals surface area contributed by atoms with Crippen LogP contribution in [0.3, 0.4) is 0 Å². The van der Waals surface area contributed by atoms with Crippen LogP contribution >= 0.6 is 0 Å². The third kappa shape index (κ3) is 20.8. The van der Waals surface area contributed by atoms with Gasteiger partial charge >= 0.3 is 51.4 Å². The molecule has 0 fully saturated rings. The fourth-order valence-corrected chi connectivity index (χ4v) is 4.52. The molecular formula is C22H45KO4S. The van der Waals surface area contributed by atoms with Crippen molar-refractivity contribution in [3.8, 4) is 0 Å². The predicted molar refractivity (Wildman–Crippen MR) is 114 cm³/mol. The quantitative estimate of drug-likeness (QED) is 0.177. The molecule has 4 nitrogen and oxygen atoms in total. The van der Waals surface area contributed by atoms with Gasteiger partial charge in [-0.05, 0) is 25.7 Å². The molecule has 0 heterocycles. The van der Waals surface area contributed by atoms with Crippen molar-refractivity contribution < 1.29 is 69.5 Å². The number of aliphatic hydroxyl groups excluding tert-OH is 1. The van der Waals surface area contributed by atoms with Gasteiger partial charge in [-0.2, -0.15) is 0 Å². The first-order chi connectivity index (χ1) is 12.9. The zero-order valence-corrected chi connectivity index (χ0v) is 22.9. The standard InChI is InChI=1S/C22H46O4S.K/c1-3-5-18-21(23)19-16-14-12-10-8-6-7-9-11-13-15-17-20-22(4-2)27(24,25)26;/h21-23H,3-20H2,1-2H3,(H,24,25,26);/q;+1/p-1. The third-order valence-electron chi connectivity index (χ3n) is 5.57. The third-order valence-corrected chi connectivity index (χ3v) is 6.95. The monoisotopic (exact) mass is 444 g/mol. The van der Waals surface area contributed by atoms with Gasteiger partial charge in [0.15, 0.2) is 0 Å². The normalized spacial score (nSPS) is 13.9. The molecule has 6 heteroatoms. The topological polar surface area (TPSA) is 77.4 Å². The summed E-state index contributed by atoms with van der Waals surface area (Å²) in [5, 5.41) is 9.11. The van der Waals surface area contributed by atoms with Gasteiger partial charge in [-0.3, -0.25) is 0 Å². The van der Waals surface area contributed by atoms with Crippen LogP contribution in [-0.2, 0) is 10.1 Å². The predicted octanol–water partition coefficient (Wildman–Crippen LogP) is 3.33. The van der Waals surface area contributed by atoms with E-state index in [1.54, 1.807) is 6.92 Å². The van der Waals surface area contributed by atoms with Gasteiger partial charge in [0.2, 0.25) is 0 Å². The number of unbranched alkanes of at least 4 members (excludes halogenated alkanes) is 12. The van der Waals surface area contributed by atoms with E-state index in [4.69, 9.17) is 0 Å². The van der Waals surface area contributed by atoms with E-state index in [1.165, 1.54) is 57.8 Å². The van der Waals surface area contributed by atoms with Crippen LogP contribution in [-0.4, -0.2) is 29.4 Å². The van der Waals surface area contributed by atoms with Crippen molar-refractivity contribution in [1.82, 2.24) is 0 Å². The maximum absolute atomic E-state index is 11.0. The Balaban J connectivity index is 0. The molecule has 0 aliphatic carbocycles. The van der Waals surface area contributed by atoms with E-state index >= 15 is 0 Å². The Hall–Kier alpha value is 1.51. The molecule has 164 valence electrons. The van der Waals surface area contributed by atoms with E-state index < -0.39 is 15.4 Å². The van der Waals surface area contributed by atoms with E-state index in [2.05, 4.69) is 6.92 Å². The van der Waals surface area contributed by atoms with Crippen LogP contribution in [0.1, 0.15) is 129 Å². The van der Waals surface area contributed by atoms with Gasteiger partial charge in [0, 0.05) is 5.25 Å². The van der Waals surface area contributed by atoms with E-state index in [9.17, 15) is 18.1 Å². The molecule has 0 rings (SSSR count). The fraction of sp³-hybridized carbons (Fsp3) is 1.00. The van der Waals surface area contributed by atoms with Gasteiger partial charge in [0.1, 0.15) is 0 Å². The van der Waals surface area contributed by atoms with Crippen molar-refractivity contribution in [2.45, 2.75) is 141 Å². The van der Waals surface area contributed by atoms with Crippen molar-refractivity contribution >= 4 is 10.1 Å². The number of aliphatic hydroxyl groups is 1. The van der Waals surface area contributed by atoms with Crippen molar-refractivity contribution in [1.29, 1.82) is 0 Å². The summed E-state index contributed by atoms with van der Waals surface area (Å²) in [4.78, 5) is 0. The summed E-state index contributed by atoms with van der Waals surface area (Å²) in [7, 11) is -4.10. The van der Waals surface area contributed by atoms with Crippen molar-refractivity contribution in [2.75, 3.05) is 0 Å². The molecule has 2 unspecified atom stereocenters. The van der Waals surface area contributed by atoms with Crippen LogP contribution in [0, 0.1) is 0 Å². The summed E-state index contributed by atoms with van der Waals surface area (Å²) in [6.45, 7) is 3.94. The second-order valence-corrected chi connectivity index (χ2v) is 9.79. The van der Waals surface area contributed by atoms with Crippen LogP contribution in [0.25, 0.3) is 0 Å². The zero-order chi connectivity index (χ0) is 20.4. The second kappa shape index (κ2) is 21.7. The van der Waals surface area contributed by atoms with Crippen LogP contribution < -0.4 is 51.4 Å². The summed E-state index contributed by atoms with van der Waals surface area (Å²) in [5.41, 5.74) is 0. The van der Waals surface area contributed by atoms with Crippen LogP contribution in [0.5, 0.6) is 0 Å². The molecule has 0 aromatic rings. The molecule has 0 saturated carbocycles. The zero-order valence-electron chi connectivity index (χ0n) is 19.0. The number of hydrogen-bond acceptors (Lipinski definition) is 4. The fourth-order valence-electron chi connectivity index (χ4n) is 3.66. The van der Waals surface area contributed by atoms with E-state index in [-0.39, 0.29) is 57.5 Å². The molecule has 0 bridgehead atoms. The van der Waals surface area contributed by atoms with Gasteiger partial charge in [-0.15, -0.1) is 0 Å². The number of rotatable bonds is 20. The van der Waals surface area contributed by atoms with Crippen LogP contribution in [0.4, 0.5) is 0 Å². The van der Waals surface area contributed by atoms with E-state index in [0.29, 0.717) is 12.8 Å². The molecule has 0 spiro atoms. The summed E-state index contributed by atoms with van der Waals surface area (Å²) in [6, 6.07) is 0. The van der Waals surface area contributed by atoms with E-state index in [0.717, 1.165) is 44.9 Å². The number of hydrogen-bond donors (Lipinski definition) is 1. The SMILES string of the molecule is CCCCC(O)CCCCCCCCCCCCCCC(CC)S(=O)(=O)[O-].[K+]. The van der Waals surface area contributed by atoms with Crippen LogP contribution in [0.2, 0.25) is 0 Å². The molecule has 2 atom stereocenters. The summed E-state index contributed by atoms with van der Waals surface area (Å²) >= 11 is 0. The molecule has 0 amide bonds. The Morgan fingerprint density at radius 3 is 1.39 bits per heavy atom. The van der Waals surface area contributed by atoms with Gasteiger partial charge in [0.25, 0.3) is 0 Å². The summed E-state index contributed by atoms with van der Waals surface area (Å²) in [5.74, 6) is 0. The molecule has 28 heavy (non-hydrogen) atoms. The summed E-state index contributed by atoms with van der Waals surface area (Å²) < 4.78 is 33.0. The minimum absolute atomic E-state index is 0. The average molecular weight is 445 g/mol. The average Bonchev–Trinajstić information content (AvgIpc) is 2.62. The van der Waals surface area contributed by atoms with E-state index in [1.807, 2.05) is 0 Å². The second-order valence-electron chi connectivity index (χ2n) is 8.14. The van der Waals surface area contributed by atoms with Gasteiger partial charge in [-0.1, -0.05) is 104 Å². The minimum atomic E-state index is -4.10. The molecule has 0 aliphatic rings.